The number of amides is 8. The van der Waals surface area contributed by atoms with Gasteiger partial charge in [-0.05, 0) is 54.9 Å². The summed E-state index contributed by atoms with van der Waals surface area (Å²) >= 11 is 3.41. The molecule has 0 bridgehead atoms. The van der Waals surface area contributed by atoms with Gasteiger partial charge in [0.05, 0.1) is 25.2 Å². The summed E-state index contributed by atoms with van der Waals surface area (Å²) in [5.74, 6) is -8.72. The predicted octanol–water partition coefficient (Wildman–Crippen LogP) is 3.15. The molecule has 2 aromatic rings. The van der Waals surface area contributed by atoms with E-state index in [0.29, 0.717) is 12.8 Å². The van der Waals surface area contributed by atoms with Crippen molar-refractivity contribution >= 4 is 69.3 Å². The van der Waals surface area contributed by atoms with Crippen LogP contribution in [0, 0.1) is 11.8 Å². The highest BCUT2D eigenvalue weighted by atomic mass is 79.9. The Hall–Kier alpha value is -6.09. The molecule has 20 nitrogen and oxygen atoms in total. The quantitative estimate of drug-likeness (QED) is 0.0705. The van der Waals surface area contributed by atoms with Crippen LogP contribution >= 0.6 is 15.9 Å². The van der Waals surface area contributed by atoms with Crippen molar-refractivity contribution in [2.75, 3.05) is 13.1 Å². The number of nitrogens with one attached hydrogen (secondary N) is 6. The number of hydrogen-bond acceptors (Lipinski definition) is 10. The lowest BCUT2D eigenvalue weighted by Crippen LogP contribution is -2.62. The van der Waals surface area contributed by atoms with Crippen molar-refractivity contribution in [1.82, 2.24) is 41.9 Å². The predicted molar refractivity (Wildman–Crippen MR) is 248 cm³/mol. The third-order valence-corrected chi connectivity index (χ3v) is 11.7. The van der Waals surface area contributed by atoms with E-state index in [2.05, 4.69) is 47.9 Å². The number of carboxylic acids is 2. The fourth-order valence-electron chi connectivity index (χ4n) is 7.27. The number of carbonyl (C=O) groups is 9. The fourth-order valence-corrected chi connectivity index (χ4v) is 7.53. The third kappa shape index (κ3) is 17.6. The lowest BCUT2D eigenvalue weighted by molar-refractivity contribution is -0.144. The zero-order valence-electron chi connectivity index (χ0n) is 39.0. The van der Waals surface area contributed by atoms with Gasteiger partial charge in [-0.3, -0.25) is 43.8 Å². The van der Waals surface area contributed by atoms with E-state index in [4.69, 9.17) is 4.74 Å². The molecule has 1 fully saturated rings. The zero-order valence-corrected chi connectivity index (χ0v) is 40.6. The number of rotatable bonds is 24. The van der Waals surface area contributed by atoms with Gasteiger partial charge in [-0.1, -0.05) is 99.4 Å². The van der Waals surface area contributed by atoms with E-state index >= 15 is 0 Å². The molecule has 0 spiro atoms. The summed E-state index contributed by atoms with van der Waals surface area (Å²) in [7, 11) is 0. The maximum absolute atomic E-state index is 14.7. The van der Waals surface area contributed by atoms with Crippen molar-refractivity contribution in [2.45, 2.75) is 136 Å². The Balaban J connectivity index is 1.90. The van der Waals surface area contributed by atoms with Crippen LogP contribution in [0.1, 0.15) is 104 Å². The van der Waals surface area contributed by atoms with E-state index in [1.54, 1.807) is 27.7 Å². The van der Waals surface area contributed by atoms with E-state index < -0.39 is 127 Å². The largest absolute Gasteiger partial charge is 0.481 e. The van der Waals surface area contributed by atoms with Gasteiger partial charge in [-0.15, -0.1) is 0 Å². The molecule has 8 atom stereocenters. The van der Waals surface area contributed by atoms with Crippen LogP contribution in [-0.2, 0) is 49.7 Å². The van der Waals surface area contributed by atoms with Gasteiger partial charge < -0.3 is 46.4 Å². The average molecular weight is 1000 g/mol. The molecule has 0 radical (unpaired) electrons. The van der Waals surface area contributed by atoms with Crippen molar-refractivity contribution in [3.63, 3.8) is 0 Å². The number of hydrazine groups is 1. The number of benzene rings is 2. The lowest BCUT2D eigenvalue weighted by Gasteiger charge is -2.33. The van der Waals surface area contributed by atoms with Gasteiger partial charge in [0, 0.05) is 37.3 Å². The second kappa shape index (κ2) is 26.9. The first kappa shape index (κ1) is 55.2. The maximum atomic E-state index is 14.7. The smallest absolute Gasteiger partial charge is 0.336 e. The van der Waals surface area contributed by atoms with E-state index in [-0.39, 0.29) is 26.1 Å². The molecular formula is C46H65BrN8O12. The molecule has 0 aromatic heterocycles. The Morgan fingerprint density at radius 3 is 1.99 bits per heavy atom. The minimum absolute atomic E-state index is 0.0404. The van der Waals surface area contributed by atoms with Crippen molar-refractivity contribution < 1.29 is 58.1 Å². The molecule has 368 valence electrons. The number of carboxylic acid groups (broad SMARTS) is 2. The molecule has 1 aliphatic rings. The standard InChI is InChI=1S/C46H65BrN8O12/c1-8-21-55(46(66)48-28(6)31-15-17-32(47)18-16-31)53-43(63)36-22-33(67-25-30-13-11-10-12-14-30)24-54(36)45(65)39(26(3)4)51-44(64)40(27(5)9-2)52-41(61)34(19-20-37(57)58)50-42(62)35(23-38(59)60)49-29(7)56/h10-18,26-28,33-36,39-40H,8-9,19-25H2,1-7H3,(H,48,66)(H,49,56)(H,50,62)(H,51,64)(H,52,61)(H,53,63)(H,57,58)(H,59,60)/t27-,28-,33+,34+,35-,36-,39-,40-/m0/s1. The average Bonchev–Trinajstić information content (AvgIpc) is 3.71. The summed E-state index contributed by atoms with van der Waals surface area (Å²) in [6.45, 7) is 11.8. The van der Waals surface area contributed by atoms with Crippen LogP contribution in [-0.4, -0.2) is 123 Å². The molecular weight excluding hydrogens is 936 g/mol. The molecule has 1 aliphatic heterocycles. The van der Waals surface area contributed by atoms with Crippen molar-refractivity contribution in [3.8, 4) is 0 Å². The minimum Gasteiger partial charge on any atom is -0.481 e. The molecule has 0 unspecified atom stereocenters. The molecule has 3 rings (SSSR count). The van der Waals surface area contributed by atoms with E-state index in [0.717, 1.165) is 27.5 Å². The monoisotopic (exact) mass is 1000 g/mol. The van der Waals surface area contributed by atoms with Crippen molar-refractivity contribution in [2.24, 2.45) is 11.8 Å². The van der Waals surface area contributed by atoms with Crippen LogP contribution in [0.4, 0.5) is 4.79 Å². The highest BCUT2D eigenvalue weighted by Crippen LogP contribution is 2.25. The van der Waals surface area contributed by atoms with Crippen LogP contribution in [0.25, 0.3) is 0 Å². The summed E-state index contributed by atoms with van der Waals surface area (Å²) in [5.41, 5.74) is 4.41. The van der Waals surface area contributed by atoms with Crippen molar-refractivity contribution in [1.29, 1.82) is 0 Å². The van der Waals surface area contributed by atoms with Gasteiger partial charge in [0.15, 0.2) is 0 Å². The number of ether oxygens (including phenoxy) is 1. The zero-order chi connectivity index (χ0) is 50.0. The van der Waals surface area contributed by atoms with Gasteiger partial charge >= 0.3 is 18.0 Å². The Morgan fingerprint density at radius 2 is 1.42 bits per heavy atom. The van der Waals surface area contributed by atoms with Gasteiger partial charge in [-0.2, -0.15) is 0 Å². The highest BCUT2D eigenvalue weighted by molar-refractivity contribution is 9.10. The van der Waals surface area contributed by atoms with Crippen LogP contribution < -0.4 is 32.0 Å². The van der Waals surface area contributed by atoms with Crippen molar-refractivity contribution in [3.05, 3.63) is 70.2 Å². The second-order valence-electron chi connectivity index (χ2n) is 17.0. The molecule has 8 amide bonds. The topological polar surface area (TPSA) is 282 Å². The minimum atomic E-state index is -1.60. The van der Waals surface area contributed by atoms with Gasteiger partial charge in [0.25, 0.3) is 5.91 Å². The normalized spacial score (nSPS) is 17.1. The third-order valence-electron chi connectivity index (χ3n) is 11.2. The highest BCUT2D eigenvalue weighted by Gasteiger charge is 2.45. The van der Waals surface area contributed by atoms with Gasteiger partial charge in [0.1, 0.15) is 30.2 Å². The summed E-state index contributed by atoms with van der Waals surface area (Å²) in [5, 5.41) is 32.7. The Labute approximate surface area is 399 Å². The van der Waals surface area contributed by atoms with Crippen LogP contribution in [0.15, 0.2) is 59.1 Å². The SMILES string of the molecule is CCCN(NC(=O)[C@@H]1C[C@@H](OCc2ccccc2)CN1C(=O)[C@@H](NC(=O)[C@@H](NC(=O)[C@@H](CCC(=O)O)NC(=O)[C@H](CC(=O)O)NC(C)=O)[C@@H](C)CC)C(C)C)C(=O)N[C@@H](C)c1ccc(Br)cc1. The molecule has 8 N–H and O–H groups in total. The second-order valence-corrected chi connectivity index (χ2v) is 17.9. The molecule has 2 aromatic carbocycles. The first-order valence-corrected chi connectivity index (χ1v) is 23.2. The van der Waals surface area contributed by atoms with Gasteiger partial charge in [0.2, 0.25) is 29.5 Å². The molecule has 1 heterocycles. The number of halogens is 1. The summed E-state index contributed by atoms with van der Waals surface area (Å²) in [4.78, 5) is 120. The first-order chi connectivity index (χ1) is 31.6. The molecule has 67 heavy (non-hydrogen) atoms. The molecule has 21 heteroatoms. The number of carbonyl (C=O) groups excluding carboxylic acids is 7. The Morgan fingerprint density at radius 1 is 0.791 bits per heavy atom. The van der Waals surface area contributed by atoms with E-state index in [1.807, 2.05) is 68.4 Å². The number of aliphatic carboxylic acids is 2. The fraction of sp³-hybridized carbons (Fsp3) is 0.543. The van der Waals surface area contributed by atoms with E-state index in [9.17, 15) is 53.4 Å². The molecule has 0 aliphatic carbocycles. The number of urea groups is 1. The Bertz CT molecular complexity index is 2030. The molecule has 0 saturated carbocycles. The van der Waals surface area contributed by atoms with Crippen LogP contribution in [0.5, 0.6) is 0 Å². The Kier molecular flexibility index (Phi) is 22.2. The maximum Gasteiger partial charge on any atom is 0.336 e. The number of hydrogen-bond donors (Lipinski definition) is 8. The number of likely N-dealkylation sites (tertiary alicyclic amines) is 1. The van der Waals surface area contributed by atoms with Crippen LogP contribution in [0.2, 0.25) is 0 Å². The first-order valence-electron chi connectivity index (χ1n) is 22.4. The van der Waals surface area contributed by atoms with Crippen LogP contribution in [0.3, 0.4) is 0 Å². The van der Waals surface area contributed by atoms with E-state index in [1.165, 1.54) is 4.90 Å². The summed E-state index contributed by atoms with van der Waals surface area (Å²) in [6.07, 6.45) is -1.63. The number of nitrogens with zero attached hydrogens (tertiary/aromatic N) is 2. The molecule has 1 saturated heterocycles. The summed E-state index contributed by atoms with van der Waals surface area (Å²) < 4.78 is 7.10. The van der Waals surface area contributed by atoms with Gasteiger partial charge in [-0.25, -0.2) is 9.80 Å². The summed E-state index contributed by atoms with van der Waals surface area (Å²) in [6, 6.07) is 8.84. The lowest BCUT2D eigenvalue weighted by atomic mass is 9.95.